The van der Waals surface area contributed by atoms with Crippen LogP contribution in [0.2, 0.25) is 0 Å². The van der Waals surface area contributed by atoms with Crippen LogP contribution < -0.4 is 5.73 Å². The Bertz CT molecular complexity index is 193. The number of hydrogen-bond acceptors (Lipinski definition) is 4. The van der Waals surface area contributed by atoms with Crippen LogP contribution in [-0.2, 0) is 14.3 Å². The Kier molecular flexibility index (Phi) is 13.6. The Morgan fingerprint density at radius 3 is 2.06 bits per heavy atom. The van der Waals surface area contributed by atoms with Crippen molar-refractivity contribution < 1.29 is 14.3 Å². The Hall–Kier alpha value is -0.750. The molecule has 16 heavy (non-hydrogen) atoms. The van der Waals surface area contributed by atoms with E-state index < -0.39 is 0 Å². The first-order valence-corrected chi connectivity index (χ1v) is 5.85. The second kappa shape index (κ2) is 12.3. The lowest BCUT2D eigenvalue weighted by atomic mass is 10.5. The highest BCUT2D eigenvalue weighted by Crippen LogP contribution is 1.90. The van der Waals surface area contributed by atoms with E-state index in [0.29, 0.717) is 12.4 Å². The molecule has 6 heteroatoms. The molecule has 2 amide bonds. The Morgan fingerprint density at radius 2 is 1.75 bits per heavy atom. The maximum Gasteiger partial charge on any atom is 0.248 e. The highest BCUT2D eigenvalue weighted by molar-refractivity contribution is 7.80. The number of likely N-dealkylation sites (N-methyl/N-ethyl adjacent to an activating group) is 1. The summed E-state index contributed by atoms with van der Waals surface area (Å²) in [5.74, 6) is 0.382. The highest BCUT2D eigenvalue weighted by Gasteiger charge is 2.08. The van der Waals surface area contributed by atoms with Gasteiger partial charge in [0.25, 0.3) is 0 Å². The van der Waals surface area contributed by atoms with E-state index in [1.807, 2.05) is 13.8 Å². The Balaban J connectivity index is 0. The molecule has 0 bridgehead atoms. The average Bonchev–Trinajstić information content (AvgIpc) is 2.19. The topological polar surface area (TPSA) is 72.6 Å². The van der Waals surface area contributed by atoms with Crippen molar-refractivity contribution in [3.63, 3.8) is 0 Å². The van der Waals surface area contributed by atoms with Crippen LogP contribution in [0.5, 0.6) is 0 Å². The zero-order chi connectivity index (χ0) is 13.0. The van der Waals surface area contributed by atoms with E-state index in [0.717, 1.165) is 13.1 Å². The number of nitrogens with two attached hydrogens (primary N) is 1. The molecule has 0 aromatic carbocycles. The number of nitrogens with zero attached hydrogens (tertiary/aromatic N) is 1. The summed E-state index contributed by atoms with van der Waals surface area (Å²) < 4.78 is 5.06. The average molecular weight is 250 g/mol. The largest absolute Gasteiger partial charge is 0.371 e. The zero-order valence-corrected chi connectivity index (χ0v) is 11.1. The molecule has 5 nitrogen and oxygen atoms in total. The van der Waals surface area contributed by atoms with E-state index in [-0.39, 0.29) is 18.4 Å². The summed E-state index contributed by atoms with van der Waals surface area (Å²) >= 11 is 3.97. The fraction of sp³-hybridized carbons (Fsp3) is 0.800. The van der Waals surface area contributed by atoms with Crippen LogP contribution in [0.25, 0.3) is 0 Å². The fourth-order valence-electron chi connectivity index (χ4n) is 0.892. The monoisotopic (exact) mass is 250 g/mol. The van der Waals surface area contributed by atoms with E-state index in [9.17, 15) is 9.59 Å². The smallest absolute Gasteiger partial charge is 0.248 e. The quantitative estimate of drug-likeness (QED) is 0.526. The summed E-state index contributed by atoms with van der Waals surface area (Å²) in [7, 11) is 0. The molecule has 0 spiro atoms. The molecule has 0 fully saturated rings. The molecule has 96 valence electrons. The van der Waals surface area contributed by atoms with Gasteiger partial charge in [0.15, 0.2) is 0 Å². The van der Waals surface area contributed by atoms with E-state index in [2.05, 4.69) is 18.4 Å². The number of carbonyl (C=O) groups is 2. The van der Waals surface area contributed by atoms with Crippen LogP contribution in [-0.4, -0.2) is 48.8 Å². The molecule has 0 atom stereocenters. The third-order valence-electron chi connectivity index (χ3n) is 1.58. The maximum absolute atomic E-state index is 11.3. The summed E-state index contributed by atoms with van der Waals surface area (Å²) in [6.07, 6.45) is 0. The summed E-state index contributed by atoms with van der Waals surface area (Å²) in [5, 5.41) is 0. The Labute approximate surface area is 103 Å². The molecule has 0 rings (SSSR count). The van der Waals surface area contributed by atoms with Crippen molar-refractivity contribution in [3.05, 3.63) is 0 Å². The second-order valence-electron chi connectivity index (χ2n) is 2.95. The first-order chi connectivity index (χ1) is 7.49. The van der Waals surface area contributed by atoms with Crippen LogP contribution in [0.15, 0.2) is 0 Å². The van der Waals surface area contributed by atoms with E-state index in [1.54, 1.807) is 4.90 Å². The number of hydrogen-bond donors (Lipinski definition) is 2. The first-order valence-electron chi connectivity index (χ1n) is 5.21. The highest BCUT2D eigenvalue weighted by atomic mass is 32.1. The SMILES string of the molecule is CC(N)=O.CCN(CC)C(=O)COCCS. The van der Waals surface area contributed by atoms with Gasteiger partial charge in [-0.2, -0.15) is 12.6 Å². The standard InChI is InChI=1S/C8H17NO2S.C2H5NO/c1-3-9(4-2)8(10)7-11-5-6-12;1-2(3)4/h12H,3-7H2,1-2H3;1H3,(H2,3,4). The minimum absolute atomic E-state index is 0.0572. The lowest BCUT2D eigenvalue weighted by molar-refractivity contribution is -0.135. The zero-order valence-electron chi connectivity index (χ0n) is 10.2. The fourth-order valence-corrected chi connectivity index (χ4v) is 1.02. The molecule has 0 aliphatic heterocycles. The van der Waals surface area contributed by atoms with Gasteiger partial charge in [-0.3, -0.25) is 9.59 Å². The van der Waals surface area contributed by atoms with E-state index in [1.165, 1.54) is 6.92 Å². The normalized spacial score (nSPS) is 9.00. The Morgan fingerprint density at radius 1 is 1.31 bits per heavy atom. The van der Waals surface area contributed by atoms with Crippen molar-refractivity contribution in [3.8, 4) is 0 Å². The van der Waals surface area contributed by atoms with Crippen molar-refractivity contribution in [1.82, 2.24) is 4.90 Å². The van der Waals surface area contributed by atoms with Gasteiger partial charge in [-0.1, -0.05) is 0 Å². The minimum atomic E-state index is -0.333. The van der Waals surface area contributed by atoms with E-state index in [4.69, 9.17) is 4.74 Å². The second-order valence-corrected chi connectivity index (χ2v) is 3.40. The van der Waals surface area contributed by atoms with Crippen molar-refractivity contribution in [2.45, 2.75) is 20.8 Å². The van der Waals surface area contributed by atoms with Crippen molar-refractivity contribution in [2.24, 2.45) is 5.73 Å². The molecule has 0 unspecified atom stereocenters. The summed E-state index contributed by atoms with van der Waals surface area (Å²) in [4.78, 5) is 22.2. The van der Waals surface area contributed by atoms with Gasteiger partial charge < -0.3 is 15.4 Å². The van der Waals surface area contributed by atoms with Gasteiger partial charge >= 0.3 is 0 Å². The van der Waals surface area contributed by atoms with Gasteiger partial charge in [-0.15, -0.1) is 0 Å². The summed E-state index contributed by atoms with van der Waals surface area (Å²) in [5.41, 5.74) is 4.47. The lowest BCUT2D eigenvalue weighted by Crippen LogP contribution is -2.33. The van der Waals surface area contributed by atoms with Gasteiger partial charge in [0, 0.05) is 25.8 Å². The summed E-state index contributed by atoms with van der Waals surface area (Å²) in [6.45, 7) is 7.44. The molecular weight excluding hydrogens is 228 g/mol. The van der Waals surface area contributed by atoms with Crippen molar-refractivity contribution >= 4 is 24.4 Å². The van der Waals surface area contributed by atoms with Crippen molar-refractivity contribution in [1.29, 1.82) is 0 Å². The molecule has 0 saturated carbocycles. The molecule has 0 aromatic heterocycles. The number of thiol groups is 1. The lowest BCUT2D eigenvalue weighted by Gasteiger charge is -2.18. The van der Waals surface area contributed by atoms with Crippen LogP contribution in [0.4, 0.5) is 0 Å². The van der Waals surface area contributed by atoms with Gasteiger partial charge in [-0.05, 0) is 13.8 Å². The van der Waals surface area contributed by atoms with Gasteiger partial charge in [0.2, 0.25) is 11.8 Å². The molecular formula is C10H22N2O3S. The molecule has 0 radical (unpaired) electrons. The number of carbonyl (C=O) groups excluding carboxylic acids is 2. The number of amides is 2. The van der Waals surface area contributed by atoms with Crippen LogP contribution >= 0.6 is 12.6 Å². The minimum Gasteiger partial charge on any atom is -0.371 e. The number of primary amides is 1. The maximum atomic E-state index is 11.3. The van der Waals surface area contributed by atoms with Crippen LogP contribution in [0.1, 0.15) is 20.8 Å². The molecule has 0 aliphatic rings. The van der Waals surface area contributed by atoms with Crippen LogP contribution in [0, 0.1) is 0 Å². The summed E-state index contributed by atoms with van der Waals surface area (Å²) in [6, 6.07) is 0. The van der Waals surface area contributed by atoms with Gasteiger partial charge in [0.1, 0.15) is 6.61 Å². The van der Waals surface area contributed by atoms with Gasteiger partial charge in [-0.25, -0.2) is 0 Å². The predicted molar refractivity (Wildman–Crippen MR) is 67.5 cm³/mol. The van der Waals surface area contributed by atoms with Crippen molar-refractivity contribution in [2.75, 3.05) is 32.1 Å². The first kappa shape index (κ1) is 17.6. The molecule has 2 N–H and O–H groups in total. The van der Waals surface area contributed by atoms with Gasteiger partial charge in [0.05, 0.1) is 6.61 Å². The number of rotatable bonds is 6. The predicted octanol–water partition coefficient (Wildman–Crippen LogP) is 0.293. The molecule has 0 aliphatic carbocycles. The number of ether oxygens (including phenoxy) is 1. The molecule has 0 heterocycles. The van der Waals surface area contributed by atoms with E-state index >= 15 is 0 Å². The van der Waals surface area contributed by atoms with Crippen LogP contribution in [0.3, 0.4) is 0 Å². The third-order valence-corrected chi connectivity index (χ3v) is 1.76. The molecule has 0 saturated heterocycles. The molecule has 0 aromatic rings. The third kappa shape index (κ3) is 13.2.